The van der Waals surface area contributed by atoms with Crippen molar-refractivity contribution in [2.45, 2.75) is 38.1 Å². The van der Waals surface area contributed by atoms with Crippen molar-refractivity contribution in [1.29, 1.82) is 5.26 Å². The van der Waals surface area contributed by atoms with Crippen LogP contribution in [0.3, 0.4) is 0 Å². The van der Waals surface area contributed by atoms with Crippen molar-refractivity contribution in [3.63, 3.8) is 0 Å². The van der Waals surface area contributed by atoms with Gasteiger partial charge in [-0.25, -0.2) is 4.98 Å². The van der Waals surface area contributed by atoms with Crippen LogP contribution in [-0.4, -0.2) is 16.6 Å². The van der Waals surface area contributed by atoms with Crippen LogP contribution in [-0.2, 0) is 11.2 Å². The number of fused-ring (bicyclic) bond motifs is 1. The van der Waals surface area contributed by atoms with E-state index in [1.807, 2.05) is 36.4 Å². The number of thioether (sulfide) groups is 1. The molecule has 2 aromatic carbocycles. The summed E-state index contributed by atoms with van der Waals surface area (Å²) in [4.78, 5) is 17.0. The molecule has 0 atom stereocenters. The molecule has 1 heterocycles. The van der Waals surface area contributed by atoms with Gasteiger partial charge in [0, 0.05) is 11.1 Å². The van der Waals surface area contributed by atoms with E-state index in [0.717, 1.165) is 28.6 Å². The first kappa shape index (κ1) is 19.9. The third-order valence-electron chi connectivity index (χ3n) is 4.60. The summed E-state index contributed by atoms with van der Waals surface area (Å²) in [5.74, 6) is 0.514. The Morgan fingerprint density at radius 3 is 2.71 bits per heavy atom. The van der Waals surface area contributed by atoms with Crippen LogP contribution in [0.1, 0.15) is 43.4 Å². The number of nitrogens with one attached hydrogen (secondary N) is 1. The van der Waals surface area contributed by atoms with Gasteiger partial charge in [-0.1, -0.05) is 56.8 Å². The molecule has 1 N–H and O–H groups in total. The van der Waals surface area contributed by atoms with Gasteiger partial charge in [-0.3, -0.25) is 4.79 Å². The number of nitrogens with zero attached hydrogens (tertiary/aromatic N) is 2. The zero-order valence-electron chi connectivity index (χ0n) is 16.3. The first-order chi connectivity index (χ1) is 13.5. The highest BCUT2D eigenvalue weighted by Gasteiger charge is 2.12. The quantitative estimate of drug-likeness (QED) is 0.564. The normalized spacial score (nSPS) is 10.8. The fourth-order valence-corrected chi connectivity index (χ4v) is 3.76. The highest BCUT2D eigenvalue weighted by molar-refractivity contribution is 8.00. The number of aromatic nitrogens is 1. The Kier molecular flexibility index (Phi) is 6.33. The van der Waals surface area contributed by atoms with E-state index in [4.69, 9.17) is 0 Å². The van der Waals surface area contributed by atoms with E-state index < -0.39 is 0 Å². The third-order valence-corrected chi connectivity index (χ3v) is 5.59. The number of carbonyl (C=O) groups is 1. The Balaban J connectivity index is 1.77. The minimum Gasteiger partial charge on any atom is -0.325 e. The van der Waals surface area contributed by atoms with Crippen molar-refractivity contribution >= 4 is 34.3 Å². The molecule has 0 bridgehead atoms. The highest BCUT2D eigenvalue weighted by Crippen LogP contribution is 2.27. The van der Waals surface area contributed by atoms with Crippen LogP contribution in [0.15, 0.2) is 53.6 Å². The molecule has 0 unspecified atom stereocenters. The number of carbonyl (C=O) groups excluding carboxylic acids is 1. The van der Waals surface area contributed by atoms with Crippen LogP contribution < -0.4 is 5.32 Å². The van der Waals surface area contributed by atoms with Gasteiger partial charge >= 0.3 is 0 Å². The first-order valence-electron chi connectivity index (χ1n) is 9.37. The van der Waals surface area contributed by atoms with E-state index >= 15 is 0 Å². The summed E-state index contributed by atoms with van der Waals surface area (Å²) < 4.78 is 0. The molecule has 0 aliphatic carbocycles. The zero-order valence-corrected chi connectivity index (χ0v) is 17.1. The predicted molar refractivity (Wildman–Crippen MR) is 116 cm³/mol. The molecule has 4 nitrogen and oxygen atoms in total. The molecule has 3 aromatic rings. The Bertz CT molecular complexity index is 1050. The SMILES string of the molecule is CCc1ccccc1NC(=O)CSc1nc2ccc(C(C)C)cc2cc1C#N. The lowest BCUT2D eigenvalue weighted by Crippen LogP contribution is -2.15. The number of benzene rings is 2. The number of para-hydroxylation sites is 1. The zero-order chi connectivity index (χ0) is 20.1. The summed E-state index contributed by atoms with van der Waals surface area (Å²) in [5, 5.41) is 14.0. The lowest BCUT2D eigenvalue weighted by atomic mass is 10.0. The number of nitriles is 1. The summed E-state index contributed by atoms with van der Waals surface area (Å²) >= 11 is 1.29. The van der Waals surface area contributed by atoms with Gasteiger partial charge in [-0.2, -0.15) is 5.26 Å². The maximum atomic E-state index is 12.4. The summed E-state index contributed by atoms with van der Waals surface area (Å²) in [7, 11) is 0. The molecule has 0 aliphatic heterocycles. The number of anilines is 1. The molecule has 0 aliphatic rings. The number of pyridine rings is 1. The molecule has 0 saturated carbocycles. The van der Waals surface area contributed by atoms with Crippen molar-refractivity contribution < 1.29 is 4.79 Å². The Hall–Kier alpha value is -2.84. The molecule has 5 heteroatoms. The standard InChI is InChI=1S/C23H23N3OS/c1-4-16-7-5-6-8-20(16)25-22(27)14-28-23-19(13-24)12-18-11-17(15(2)3)9-10-21(18)26-23/h5-12,15H,4,14H2,1-3H3,(H,25,27). The molecule has 28 heavy (non-hydrogen) atoms. The number of aryl methyl sites for hydroxylation is 1. The van der Waals surface area contributed by atoms with Gasteiger partial charge in [0.1, 0.15) is 11.1 Å². The predicted octanol–water partition coefficient (Wildman–Crippen LogP) is 5.52. The van der Waals surface area contributed by atoms with Gasteiger partial charge in [0.15, 0.2) is 0 Å². The Morgan fingerprint density at radius 1 is 1.21 bits per heavy atom. The van der Waals surface area contributed by atoms with Crippen molar-refractivity contribution in [3.8, 4) is 6.07 Å². The molecule has 0 radical (unpaired) electrons. The van der Waals surface area contributed by atoms with E-state index in [0.29, 0.717) is 16.5 Å². The molecular weight excluding hydrogens is 366 g/mol. The summed E-state index contributed by atoms with van der Waals surface area (Å²) in [6, 6.07) is 18.0. The Morgan fingerprint density at radius 2 is 2.00 bits per heavy atom. The van der Waals surface area contributed by atoms with E-state index in [-0.39, 0.29) is 11.7 Å². The van der Waals surface area contributed by atoms with Crippen molar-refractivity contribution in [2.24, 2.45) is 0 Å². The second kappa shape index (κ2) is 8.90. The fourth-order valence-electron chi connectivity index (χ4n) is 3.00. The van der Waals surface area contributed by atoms with Crippen LogP contribution in [0.25, 0.3) is 10.9 Å². The van der Waals surface area contributed by atoms with Gasteiger partial charge in [-0.05, 0) is 47.7 Å². The number of hydrogen-bond donors (Lipinski definition) is 1. The van der Waals surface area contributed by atoms with Crippen LogP contribution in [0, 0.1) is 11.3 Å². The molecule has 1 amide bonds. The largest absolute Gasteiger partial charge is 0.325 e. The van der Waals surface area contributed by atoms with Crippen molar-refractivity contribution in [2.75, 3.05) is 11.1 Å². The summed E-state index contributed by atoms with van der Waals surface area (Å²) in [5.41, 5.74) is 4.49. The van der Waals surface area contributed by atoms with Crippen LogP contribution in [0.2, 0.25) is 0 Å². The molecule has 1 aromatic heterocycles. The first-order valence-corrected chi connectivity index (χ1v) is 10.4. The van der Waals surface area contributed by atoms with Gasteiger partial charge in [-0.15, -0.1) is 0 Å². The molecule has 0 saturated heterocycles. The highest BCUT2D eigenvalue weighted by atomic mass is 32.2. The van der Waals surface area contributed by atoms with Crippen LogP contribution in [0.5, 0.6) is 0 Å². The summed E-state index contributed by atoms with van der Waals surface area (Å²) in [6.45, 7) is 6.33. The van der Waals surface area contributed by atoms with Gasteiger partial charge in [0.2, 0.25) is 5.91 Å². The average molecular weight is 390 g/mol. The molecule has 0 spiro atoms. The van der Waals surface area contributed by atoms with Crippen molar-refractivity contribution in [1.82, 2.24) is 4.98 Å². The van der Waals surface area contributed by atoms with Crippen LogP contribution in [0.4, 0.5) is 5.69 Å². The van der Waals surface area contributed by atoms with E-state index in [1.165, 1.54) is 17.3 Å². The van der Waals surface area contributed by atoms with Crippen molar-refractivity contribution in [3.05, 3.63) is 65.2 Å². The van der Waals surface area contributed by atoms with E-state index in [2.05, 4.69) is 49.3 Å². The van der Waals surface area contributed by atoms with Gasteiger partial charge in [0.25, 0.3) is 0 Å². The third kappa shape index (κ3) is 4.52. The second-order valence-electron chi connectivity index (χ2n) is 6.91. The minimum atomic E-state index is -0.105. The monoisotopic (exact) mass is 389 g/mol. The second-order valence-corrected chi connectivity index (χ2v) is 7.87. The van der Waals surface area contributed by atoms with Gasteiger partial charge in [0.05, 0.1) is 16.8 Å². The molecular formula is C23H23N3OS. The van der Waals surface area contributed by atoms with E-state index in [9.17, 15) is 10.1 Å². The van der Waals surface area contributed by atoms with Crippen LogP contribution >= 0.6 is 11.8 Å². The topological polar surface area (TPSA) is 65.8 Å². The molecule has 142 valence electrons. The molecule has 3 rings (SSSR count). The minimum absolute atomic E-state index is 0.105. The maximum absolute atomic E-state index is 12.4. The number of rotatable bonds is 6. The lowest BCUT2D eigenvalue weighted by molar-refractivity contribution is -0.113. The lowest BCUT2D eigenvalue weighted by Gasteiger charge is -2.11. The summed E-state index contributed by atoms with van der Waals surface area (Å²) in [6.07, 6.45) is 0.854. The smallest absolute Gasteiger partial charge is 0.234 e. The maximum Gasteiger partial charge on any atom is 0.234 e. The average Bonchev–Trinajstić information content (AvgIpc) is 2.71. The molecule has 0 fully saturated rings. The number of amides is 1. The van der Waals surface area contributed by atoms with Gasteiger partial charge < -0.3 is 5.32 Å². The fraction of sp³-hybridized carbons (Fsp3) is 0.261. The Labute approximate surface area is 170 Å². The van der Waals surface area contributed by atoms with E-state index in [1.54, 1.807) is 0 Å². The number of hydrogen-bond acceptors (Lipinski definition) is 4.